The number of rotatable bonds is 7. The van der Waals surface area contributed by atoms with E-state index in [1.165, 1.54) is 0 Å². The minimum atomic E-state index is -3.07. The number of alkyl halides is 2. The van der Waals surface area contributed by atoms with E-state index >= 15 is 0 Å². The molecule has 0 amide bonds. The smallest absolute Gasteiger partial charge is 0.282 e. The molecule has 18 heavy (non-hydrogen) atoms. The van der Waals surface area contributed by atoms with Crippen molar-refractivity contribution in [3.8, 4) is 5.75 Å². The molecule has 0 aliphatic carbocycles. The van der Waals surface area contributed by atoms with E-state index in [9.17, 15) is 8.78 Å². The first-order chi connectivity index (χ1) is 8.43. The van der Waals surface area contributed by atoms with E-state index in [1.54, 1.807) is 12.1 Å². The minimum absolute atomic E-state index is 0.109. The van der Waals surface area contributed by atoms with Gasteiger partial charge in [-0.3, -0.25) is 0 Å². The molecule has 0 aromatic heterocycles. The summed E-state index contributed by atoms with van der Waals surface area (Å²) in [7, 11) is 0. The molecule has 0 aliphatic rings. The Morgan fingerprint density at radius 1 is 1.28 bits per heavy atom. The molecule has 0 saturated carbocycles. The van der Waals surface area contributed by atoms with Crippen molar-refractivity contribution in [2.75, 3.05) is 13.2 Å². The number of hydrogen-bond donors (Lipinski definition) is 2. The summed E-state index contributed by atoms with van der Waals surface area (Å²) in [5.41, 5.74) is 0.889. The number of hydrogen-bond acceptors (Lipinski definition) is 3. The standard InChI is InChI=1S/C13H19F2NO2/c1-10(2)18-12-5-3-11(4-6-12)7-16-8-13(14,15)9-17/h3-6,10,16-17H,7-9H2,1-2H3. The second kappa shape index (κ2) is 6.66. The predicted octanol–water partition coefficient (Wildman–Crippen LogP) is 2.19. The van der Waals surface area contributed by atoms with E-state index in [-0.39, 0.29) is 6.10 Å². The highest BCUT2D eigenvalue weighted by Gasteiger charge is 2.26. The third kappa shape index (κ3) is 5.42. The van der Waals surface area contributed by atoms with Crippen LogP contribution < -0.4 is 10.1 Å². The van der Waals surface area contributed by atoms with Gasteiger partial charge in [0.05, 0.1) is 12.6 Å². The zero-order chi connectivity index (χ0) is 13.6. The molecule has 5 heteroatoms. The fourth-order valence-corrected chi connectivity index (χ4v) is 1.40. The Labute approximate surface area is 106 Å². The zero-order valence-electron chi connectivity index (χ0n) is 10.6. The van der Waals surface area contributed by atoms with Gasteiger partial charge in [-0.1, -0.05) is 12.1 Å². The Bertz CT molecular complexity index is 353. The average molecular weight is 259 g/mol. The lowest BCUT2D eigenvalue weighted by Gasteiger charge is -2.14. The second-order valence-electron chi connectivity index (χ2n) is 4.43. The lowest BCUT2D eigenvalue weighted by Crippen LogP contribution is -2.35. The molecule has 0 radical (unpaired) electrons. The fourth-order valence-electron chi connectivity index (χ4n) is 1.40. The molecule has 0 atom stereocenters. The Morgan fingerprint density at radius 3 is 2.39 bits per heavy atom. The van der Waals surface area contributed by atoms with Crippen molar-refractivity contribution in [2.45, 2.75) is 32.4 Å². The van der Waals surface area contributed by atoms with Crippen LogP contribution in [-0.2, 0) is 6.54 Å². The van der Waals surface area contributed by atoms with Gasteiger partial charge in [-0.05, 0) is 31.5 Å². The van der Waals surface area contributed by atoms with Crippen molar-refractivity contribution in [2.24, 2.45) is 0 Å². The van der Waals surface area contributed by atoms with Crippen molar-refractivity contribution in [1.82, 2.24) is 5.32 Å². The van der Waals surface area contributed by atoms with Gasteiger partial charge in [-0.2, -0.15) is 0 Å². The van der Waals surface area contributed by atoms with Crippen LogP contribution >= 0.6 is 0 Å². The lowest BCUT2D eigenvalue weighted by molar-refractivity contribution is -0.0477. The van der Waals surface area contributed by atoms with Gasteiger partial charge in [0, 0.05) is 6.54 Å². The van der Waals surface area contributed by atoms with Gasteiger partial charge < -0.3 is 15.2 Å². The summed E-state index contributed by atoms with van der Waals surface area (Å²) in [5.74, 6) is -2.31. The maximum atomic E-state index is 12.7. The number of benzene rings is 1. The molecule has 1 rings (SSSR count). The SMILES string of the molecule is CC(C)Oc1ccc(CNCC(F)(F)CO)cc1. The van der Waals surface area contributed by atoms with Gasteiger partial charge in [0.25, 0.3) is 5.92 Å². The average Bonchev–Trinajstić information content (AvgIpc) is 2.30. The molecular formula is C13H19F2NO2. The van der Waals surface area contributed by atoms with E-state index in [4.69, 9.17) is 9.84 Å². The third-order valence-electron chi connectivity index (χ3n) is 2.24. The van der Waals surface area contributed by atoms with Gasteiger partial charge in [0.1, 0.15) is 12.4 Å². The number of aliphatic hydroxyl groups excluding tert-OH is 1. The summed E-state index contributed by atoms with van der Waals surface area (Å²) >= 11 is 0. The molecule has 0 bridgehead atoms. The summed E-state index contributed by atoms with van der Waals surface area (Å²) in [6, 6.07) is 7.26. The molecular weight excluding hydrogens is 240 g/mol. The van der Waals surface area contributed by atoms with E-state index in [0.717, 1.165) is 11.3 Å². The second-order valence-corrected chi connectivity index (χ2v) is 4.43. The van der Waals surface area contributed by atoms with Crippen LogP contribution in [0.5, 0.6) is 5.75 Å². The van der Waals surface area contributed by atoms with Crippen LogP contribution in [0.1, 0.15) is 19.4 Å². The van der Waals surface area contributed by atoms with Crippen LogP contribution in [0.2, 0.25) is 0 Å². The van der Waals surface area contributed by atoms with E-state index in [2.05, 4.69) is 5.32 Å². The summed E-state index contributed by atoms with van der Waals surface area (Å²) < 4.78 is 30.9. The molecule has 102 valence electrons. The van der Waals surface area contributed by atoms with Crippen LogP contribution in [0.4, 0.5) is 8.78 Å². The lowest BCUT2D eigenvalue weighted by atomic mass is 10.2. The van der Waals surface area contributed by atoms with E-state index in [1.807, 2.05) is 26.0 Å². The number of ether oxygens (including phenoxy) is 1. The summed E-state index contributed by atoms with van der Waals surface area (Å²) in [6.45, 7) is 2.53. The fraction of sp³-hybridized carbons (Fsp3) is 0.538. The zero-order valence-corrected chi connectivity index (χ0v) is 10.6. The van der Waals surface area contributed by atoms with Gasteiger partial charge in [0.15, 0.2) is 0 Å². The van der Waals surface area contributed by atoms with Crippen molar-refractivity contribution in [3.63, 3.8) is 0 Å². The molecule has 0 heterocycles. The van der Waals surface area contributed by atoms with Crippen molar-refractivity contribution in [3.05, 3.63) is 29.8 Å². The molecule has 1 aromatic carbocycles. The highest BCUT2D eigenvalue weighted by atomic mass is 19.3. The number of halogens is 2. The molecule has 0 aliphatic heterocycles. The van der Waals surface area contributed by atoms with Crippen LogP contribution in [0, 0.1) is 0 Å². The highest BCUT2D eigenvalue weighted by Crippen LogP contribution is 2.14. The first kappa shape index (κ1) is 14.9. The molecule has 2 N–H and O–H groups in total. The van der Waals surface area contributed by atoms with Crippen molar-refractivity contribution >= 4 is 0 Å². The monoisotopic (exact) mass is 259 g/mol. The Balaban J connectivity index is 2.40. The van der Waals surface area contributed by atoms with Gasteiger partial charge >= 0.3 is 0 Å². The molecule has 3 nitrogen and oxygen atoms in total. The van der Waals surface area contributed by atoms with Gasteiger partial charge in [-0.15, -0.1) is 0 Å². The first-order valence-electron chi connectivity index (χ1n) is 5.88. The summed E-state index contributed by atoms with van der Waals surface area (Å²) in [6.07, 6.45) is 0.109. The largest absolute Gasteiger partial charge is 0.491 e. The summed E-state index contributed by atoms with van der Waals surface area (Å²) in [5, 5.41) is 11.0. The molecule has 0 unspecified atom stereocenters. The molecule has 0 saturated heterocycles. The van der Waals surface area contributed by atoms with Crippen LogP contribution in [0.3, 0.4) is 0 Å². The van der Waals surface area contributed by atoms with Gasteiger partial charge in [0.2, 0.25) is 0 Å². The normalized spacial score (nSPS) is 11.9. The summed E-state index contributed by atoms with van der Waals surface area (Å²) in [4.78, 5) is 0. The van der Waals surface area contributed by atoms with E-state index < -0.39 is 19.1 Å². The maximum Gasteiger partial charge on any atom is 0.282 e. The first-order valence-corrected chi connectivity index (χ1v) is 5.88. The molecule has 1 aromatic rings. The van der Waals surface area contributed by atoms with Crippen LogP contribution in [0.15, 0.2) is 24.3 Å². The quantitative estimate of drug-likeness (QED) is 0.788. The number of aliphatic hydroxyl groups is 1. The Kier molecular flexibility index (Phi) is 5.50. The number of nitrogens with one attached hydrogen (secondary N) is 1. The highest BCUT2D eigenvalue weighted by molar-refractivity contribution is 5.27. The molecule has 0 spiro atoms. The minimum Gasteiger partial charge on any atom is -0.491 e. The van der Waals surface area contributed by atoms with Gasteiger partial charge in [-0.25, -0.2) is 8.78 Å². The van der Waals surface area contributed by atoms with Crippen LogP contribution in [-0.4, -0.2) is 30.3 Å². The van der Waals surface area contributed by atoms with Crippen LogP contribution in [0.25, 0.3) is 0 Å². The van der Waals surface area contributed by atoms with Crippen molar-refractivity contribution < 1.29 is 18.6 Å². The maximum absolute atomic E-state index is 12.7. The van der Waals surface area contributed by atoms with Crippen molar-refractivity contribution in [1.29, 1.82) is 0 Å². The Morgan fingerprint density at radius 2 is 1.89 bits per heavy atom. The third-order valence-corrected chi connectivity index (χ3v) is 2.24. The Hall–Kier alpha value is -1.20. The predicted molar refractivity (Wildman–Crippen MR) is 65.9 cm³/mol. The van der Waals surface area contributed by atoms with E-state index in [0.29, 0.717) is 6.54 Å². The molecule has 0 fully saturated rings. The topological polar surface area (TPSA) is 41.5 Å².